The van der Waals surface area contributed by atoms with E-state index < -0.39 is 21.7 Å². The maximum absolute atomic E-state index is 12.1. The Morgan fingerprint density at radius 1 is 1.30 bits per heavy atom. The smallest absolute Gasteiger partial charge is 0.222 e. The van der Waals surface area contributed by atoms with Crippen LogP contribution in [0.4, 0.5) is 0 Å². The van der Waals surface area contributed by atoms with Gasteiger partial charge in [-0.25, -0.2) is 8.42 Å². The number of β-amino-alcohol motifs (C(OH)–C–C–N with tert-alkyl or cyclic N) is 1. The third kappa shape index (κ3) is 3.71. The highest BCUT2D eigenvalue weighted by Gasteiger charge is 2.26. The molecule has 1 fully saturated rings. The molecule has 2 rings (SSSR count). The number of nitrogens with zero attached hydrogens (tertiary/aromatic N) is 1. The Balaban J connectivity index is 2.00. The highest BCUT2D eigenvalue weighted by atomic mass is 35.5. The maximum atomic E-state index is 12.1. The molecule has 0 radical (unpaired) electrons. The molecule has 1 atom stereocenters. The van der Waals surface area contributed by atoms with E-state index in [1.807, 2.05) is 0 Å². The van der Waals surface area contributed by atoms with Gasteiger partial charge in [0.25, 0.3) is 0 Å². The summed E-state index contributed by atoms with van der Waals surface area (Å²) >= 11 is 5.71. The second-order valence-electron chi connectivity index (χ2n) is 4.83. The van der Waals surface area contributed by atoms with Crippen molar-refractivity contribution in [3.05, 3.63) is 29.3 Å². The number of carbonyl (C=O) groups excluding carboxylic acids is 1. The zero-order valence-corrected chi connectivity index (χ0v) is 12.4. The first-order chi connectivity index (χ1) is 9.38. The predicted octanol–water partition coefficient (Wildman–Crippen LogP) is 1.10. The van der Waals surface area contributed by atoms with E-state index >= 15 is 0 Å². The second-order valence-corrected chi connectivity index (χ2v) is 7.30. The number of hydrogen-bond donors (Lipinski definition) is 1. The second kappa shape index (κ2) is 6.11. The minimum Gasteiger partial charge on any atom is -0.390 e. The van der Waals surface area contributed by atoms with Gasteiger partial charge in [0.05, 0.1) is 16.8 Å². The molecule has 1 amide bonds. The van der Waals surface area contributed by atoms with Gasteiger partial charge in [-0.15, -0.1) is 0 Å². The van der Waals surface area contributed by atoms with Gasteiger partial charge < -0.3 is 10.0 Å². The van der Waals surface area contributed by atoms with E-state index in [2.05, 4.69) is 0 Å². The molecule has 1 aliphatic rings. The Morgan fingerprint density at radius 2 is 1.95 bits per heavy atom. The van der Waals surface area contributed by atoms with Crippen LogP contribution in [-0.2, 0) is 14.6 Å². The minimum absolute atomic E-state index is 0.0343. The standard InChI is InChI=1S/C13H16ClNO4S/c14-10-3-5-12(6-4-10)20(18,19)9-11(16)8-15-7-1-2-13(15)17/h3-6,11,16H,1-2,7-9H2/t11-/m1/s1. The zero-order valence-electron chi connectivity index (χ0n) is 10.8. The van der Waals surface area contributed by atoms with Crippen LogP contribution in [0.1, 0.15) is 12.8 Å². The van der Waals surface area contributed by atoms with Crippen molar-refractivity contribution < 1.29 is 18.3 Å². The molecule has 1 heterocycles. The number of carbonyl (C=O) groups is 1. The van der Waals surface area contributed by atoms with Crippen LogP contribution in [0.3, 0.4) is 0 Å². The van der Waals surface area contributed by atoms with Gasteiger partial charge in [-0.3, -0.25) is 4.79 Å². The highest BCUT2D eigenvalue weighted by Crippen LogP contribution is 2.17. The van der Waals surface area contributed by atoms with Crippen LogP contribution in [0.15, 0.2) is 29.2 Å². The number of rotatable bonds is 5. The zero-order chi connectivity index (χ0) is 14.8. The van der Waals surface area contributed by atoms with Crippen molar-refractivity contribution >= 4 is 27.3 Å². The van der Waals surface area contributed by atoms with Crippen molar-refractivity contribution in [2.75, 3.05) is 18.8 Å². The van der Waals surface area contributed by atoms with Crippen LogP contribution < -0.4 is 0 Å². The summed E-state index contributed by atoms with van der Waals surface area (Å²) in [5.74, 6) is -0.439. The fraction of sp³-hybridized carbons (Fsp3) is 0.462. The van der Waals surface area contributed by atoms with Crippen molar-refractivity contribution in [1.82, 2.24) is 4.90 Å². The average molecular weight is 318 g/mol. The monoisotopic (exact) mass is 317 g/mol. The third-order valence-corrected chi connectivity index (χ3v) is 5.25. The molecule has 0 bridgehead atoms. The molecule has 20 heavy (non-hydrogen) atoms. The van der Waals surface area contributed by atoms with Gasteiger partial charge in [-0.2, -0.15) is 0 Å². The Hall–Kier alpha value is -1.11. The van der Waals surface area contributed by atoms with Crippen LogP contribution in [-0.4, -0.2) is 49.3 Å². The molecule has 110 valence electrons. The van der Waals surface area contributed by atoms with Gasteiger partial charge in [-0.1, -0.05) is 11.6 Å². The van der Waals surface area contributed by atoms with Crippen LogP contribution >= 0.6 is 11.6 Å². The van der Waals surface area contributed by atoms with Crippen LogP contribution in [0.2, 0.25) is 5.02 Å². The van der Waals surface area contributed by atoms with Gasteiger partial charge in [0.1, 0.15) is 0 Å². The molecule has 1 aliphatic heterocycles. The van der Waals surface area contributed by atoms with Crippen molar-refractivity contribution in [2.24, 2.45) is 0 Å². The topological polar surface area (TPSA) is 74.7 Å². The van der Waals surface area contributed by atoms with Gasteiger partial charge in [-0.05, 0) is 30.7 Å². The van der Waals surface area contributed by atoms with Crippen molar-refractivity contribution in [3.8, 4) is 0 Å². The van der Waals surface area contributed by atoms with Crippen molar-refractivity contribution in [3.63, 3.8) is 0 Å². The lowest BCUT2D eigenvalue weighted by Crippen LogP contribution is -2.36. The summed E-state index contributed by atoms with van der Waals surface area (Å²) in [7, 11) is -3.58. The quantitative estimate of drug-likeness (QED) is 0.882. The average Bonchev–Trinajstić information content (AvgIpc) is 2.74. The maximum Gasteiger partial charge on any atom is 0.222 e. The number of amides is 1. The fourth-order valence-corrected chi connectivity index (χ4v) is 3.68. The molecule has 5 nitrogen and oxygen atoms in total. The number of sulfone groups is 1. The molecule has 1 N–H and O–H groups in total. The Kier molecular flexibility index (Phi) is 4.67. The molecule has 1 saturated heterocycles. The van der Waals surface area contributed by atoms with E-state index in [4.69, 9.17) is 11.6 Å². The molecule has 0 aliphatic carbocycles. The van der Waals surface area contributed by atoms with Crippen LogP contribution in [0.25, 0.3) is 0 Å². The molecule has 1 aromatic carbocycles. The molecular weight excluding hydrogens is 302 g/mol. The number of likely N-dealkylation sites (tertiary alicyclic amines) is 1. The summed E-state index contributed by atoms with van der Waals surface area (Å²) in [4.78, 5) is 13.1. The number of benzene rings is 1. The molecule has 7 heteroatoms. The summed E-state index contributed by atoms with van der Waals surface area (Å²) < 4.78 is 24.2. The van der Waals surface area contributed by atoms with Gasteiger partial charge in [0.2, 0.25) is 5.91 Å². The van der Waals surface area contributed by atoms with E-state index in [0.717, 1.165) is 6.42 Å². The number of aliphatic hydroxyl groups is 1. The van der Waals surface area contributed by atoms with Crippen LogP contribution in [0, 0.1) is 0 Å². The van der Waals surface area contributed by atoms with Crippen molar-refractivity contribution in [1.29, 1.82) is 0 Å². The number of hydrogen-bond acceptors (Lipinski definition) is 4. The summed E-state index contributed by atoms with van der Waals surface area (Å²) in [6.07, 6.45) is 0.143. The largest absolute Gasteiger partial charge is 0.390 e. The molecule has 1 aromatic rings. The fourth-order valence-electron chi connectivity index (χ4n) is 2.20. The Bertz CT molecular complexity index is 585. The molecule has 0 saturated carbocycles. The summed E-state index contributed by atoms with van der Waals surface area (Å²) in [5.41, 5.74) is 0. The van der Waals surface area contributed by atoms with Gasteiger partial charge in [0, 0.05) is 24.5 Å². The molecule has 0 spiro atoms. The molecule has 0 aromatic heterocycles. The van der Waals surface area contributed by atoms with E-state index in [1.165, 1.54) is 29.2 Å². The summed E-state index contributed by atoms with van der Waals surface area (Å²) in [6.45, 7) is 0.641. The van der Waals surface area contributed by atoms with E-state index in [9.17, 15) is 18.3 Å². The number of halogens is 1. The lowest BCUT2D eigenvalue weighted by atomic mass is 10.3. The van der Waals surface area contributed by atoms with Crippen LogP contribution in [0.5, 0.6) is 0 Å². The lowest BCUT2D eigenvalue weighted by molar-refractivity contribution is -0.128. The SMILES string of the molecule is O=C1CCCN1C[C@@H](O)CS(=O)(=O)c1ccc(Cl)cc1. The first-order valence-electron chi connectivity index (χ1n) is 6.32. The summed E-state index contributed by atoms with van der Waals surface area (Å²) in [5, 5.41) is 10.3. The first kappa shape index (κ1) is 15.3. The van der Waals surface area contributed by atoms with E-state index in [1.54, 1.807) is 0 Å². The number of aliphatic hydroxyl groups excluding tert-OH is 1. The van der Waals surface area contributed by atoms with E-state index in [-0.39, 0.29) is 17.3 Å². The Labute approximate surface area is 123 Å². The molecule has 0 unspecified atom stereocenters. The van der Waals surface area contributed by atoms with E-state index in [0.29, 0.717) is 18.0 Å². The third-order valence-electron chi connectivity index (χ3n) is 3.19. The normalized spacial score (nSPS) is 17.5. The molecular formula is C13H16ClNO4S. The predicted molar refractivity (Wildman–Crippen MR) is 75.3 cm³/mol. The summed E-state index contributed by atoms with van der Waals surface area (Å²) in [6, 6.07) is 5.80. The van der Waals surface area contributed by atoms with Gasteiger partial charge >= 0.3 is 0 Å². The Morgan fingerprint density at radius 3 is 2.50 bits per heavy atom. The first-order valence-corrected chi connectivity index (χ1v) is 8.36. The lowest BCUT2D eigenvalue weighted by Gasteiger charge is -2.19. The highest BCUT2D eigenvalue weighted by molar-refractivity contribution is 7.91. The minimum atomic E-state index is -3.58. The van der Waals surface area contributed by atoms with Gasteiger partial charge in [0.15, 0.2) is 9.84 Å². The van der Waals surface area contributed by atoms with Crippen molar-refractivity contribution in [2.45, 2.75) is 23.8 Å².